The summed E-state index contributed by atoms with van der Waals surface area (Å²) >= 11 is 0. The molecule has 0 fully saturated rings. The number of ether oxygens (including phenoxy) is 1. The summed E-state index contributed by atoms with van der Waals surface area (Å²) < 4.78 is 106. The standard InChI is InChI=1S/C19H7F7N2O/c1-27-9-5-10(28-2)7-11(6-9)29-13-4-3-12-14-15(13)17(21,22)8-16(14,20)19(25,26)18(12,23)24/h3-7H,8H2. The van der Waals surface area contributed by atoms with E-state index in [0.717, 1.165) is 12.1 Å². The number of rotatable bonds is 2. The van der Waals surface area contributed by atoms with Crippen molar-refractivity contribution < 1.29 is 35.5 Å². The number of hydrogen-bond acceptors (Lipinski definition) is 1. The lowest BCUT2D eigenvalue weighted by molar-refractivity contribution is -0.274. The minimum atomic E-state index is -5.36. The molecule has 0 heterocycles. The Hall–Kier alpha value is -3.27. The summed E-state index contributed by atoms with van der Waals surface area (Å²) in [5.74, 6) is -15.6. The molecule has 2 aromatic carbocycles. The van der Waals surface area contributed by atoms with E-state index in [-0.39, 0.29) is 17.1 Å². The molecule has 1 unspecified atom stereocenters. The van der Waals surface area contributed by atoms with E-state index in [1.807, 2.05) is 0 Å². The van der Waals surface area contributed by atoms with Crippen molar-refractivity contribution in [2.24, 2.45) is 0 Å². The Bertz CT molecular complexity index is 1110. The van der Waals surface area contributed by atoms with Crippen LogP contribution in [-0.4, -0.2) is 5.92 Å². The third kappa shape index (κ3) is 2.23. The van der Waals surface area contributed by atoms with E-state index in [1.165, 1.54) is 6.07 Å². The molecule has 0 amide bonds. The van der Waals surface area contributed by atoms with Gasteiger partial charge in [-0.1, -0.05) is 6.07 Å². The van der Waals surface area contributed by atoms with Gasteiger partial charge < -0.3 is 4.74 Å². The minimum absolute atomic E-state index is 0.0734. The lowest BCUT2D eigenvalue weighted by Crippen LogP contribution is -2.46. The molecule has 0 aromatic heterocycles. The van der Waals surface area contributed by atoms with Crippen molar-refractivity contribution in [2.75, 3.05) is 0 Å². The predicted octanol–water partition coefficient (Wildman–Crippen LogP) is 6.98. The van der Waals surface area contributed by atoms with Crippen molar-refractivity contribution in [3.63, 3.8) is 0 Å². The van der Waals surface area contributed by atoms with E-state index in [4.69, 9.17) is 17.9 Å². The summed E-state index contributed by atoms with van der Waals surface area (Å²) in [7, 11) is 0. The predicted molar refractivity (Wildman–Crippen MR) is 85.6 cm³/mol. The third-order valence-corrected chi connectivity index (χ3v) is 4.99. The smallest absolute Gasteiger partial charge is 0.352 e. The summed E-state index contributed by atoms with van der Waals surface area (Å²) in [5, 5.41) is 0. The lowest BCUT2D eigenvalue weighted by Gasteiger charge is -2.28. The molecule has 0 saturated carbocycles. The van der Waals surface area contributed by atoms with Gasteiger partial charge in [0.1, 0.15) is 11.5 Å². The molecular formula is C19H7F7N2O. The van der Waals surface area contributed by atoms with Crippen molar-refractivity contribution in [3.05, 3.63) is 69.9 Å². The number of hydrogen-bond donors (Lipinski definition) is 0. The molecule has 29 heavy (non-hydrogen) atoms. The molecule has 3 nitrogen and oxygen atoms in total. The fourth-order valence-electron chi connectivity index (χ4n) is 3.76. The van der Waals surface area contributed by atoms with Gasteiger partial charge in [-0.15, -0.1) is 0 Å². The molecule has 0 N–H and O–H groups in total. The Balaban J connectivity index is 1.93. The molecule has 1 atom stereocenters. The summed E-state index contributed by atoms with van der Waals surface area (Å²) in [4.78, 5) is 6.18. The van der Waals surface area contributed by atoms with Crippen molar-refractivity contribution in [2.45, 2.75) is 29.9 Å². The van der Waals surface area contributed by atoms with Crippen LogP contribution in [0.15, 0.2) is 30.3 Å². The first-order valence-corrected chi connectivity index (χ1v) is 7.98. The van der Waals surface area contributed by atoms with Crippen molar-refractivity contribution in [1.29, 1.82) is 0 Å². The monoisotopic (exact) mass is 412 g/mol. The number of alkyl halides is 7. The Labute approximate surface area is 159 Å². The van der Waals surface area contributed by atoms with Crippen molar-refractivity contribution in [1.82, 2.24) is 0 Å². The van der Waals surface area contributed by atoms with Crippen LogP contribution in [0.1, 0.15) is 23.1 Å². The quantitative estimate of drug-likeness (QED) is 0.384. The van der Waals surface area contributed by atoms with Crippen LogP contribution in [0.25, 0.3) is 9.69 Å². The number of halogens is 7. The van der Waals surface area contributed by atoms with E-state index in [1.54, 1.807) is 0 Å². The maximum Gasteiger partial charge on any atom is 0.352 e. The molecule has 0 bridgehead atoms. The molecule has 2 aliphatic carbocycles. The molecule has 10 heteroatoms. The summed E-state index contributed by atoms with van der Waals surface area (Å²) in [6, 6.07) is 4.42. The zero-order valence-electron chi connectivity index (χ0n) is 14.0. The lowest BCUT2D eigenvalue weighted by atomic mass is 9.96. The molecule has 0 spiro atoms. The van der Waals surface area contributed by atoms with Crippen LogP contribution in [-0.2, 0) is 17.5 Å². The highest BCUT2D eigenvalue weighted by Gasteiger charge is 2.82. The minimum Gasteiger partial charge on any atom is -0.459 e. The van der Waals surface area contributed by atoms with E-state index in [9.17, 15) is 30.7 Å². The highest BCUT2D eigenvalue weighted by atomic mass is 19.3. The van der Waals surface area contributed by atoms with E-state index in [0.29, 0.717) is 12.1 Å². The van der Waals surface area contributed by atoms with Crippen molar-refractivity contribution in [3.8, 4) is 11.5 Å². The third-order valence-electron chi connectivity index (χ3n) is 4.99. The topological polar surface area (TPSA) is 18.0 Å². The maximum absolute atomic E-state index is 15.0. The molecule has 2 aromatic rings. The molecule has 0 saturated heterocycles. The van der Waals surface area contributed by atoms with E-state index in [2.05, 4.69) is 9.69 Å². The van der Waals surface area contributed by atoms with Gasteiger partial charge in [0.2, 0.25) is 5.67 Å². The summed E-state index contributed by atoms with van der Waals surface area (Å²) in [5.41, 5.74) is -8.77. The van der Waals surface area contributed by atoms with Gasteiger partial charge in [-0.3, -0.25) is 0 Å². The van der Waals surface area contributed by atoms with Crippen LogP contribution < -0.4 is 4.74 Å². The second-order valence-corrected chi connectivity index (χ2v) is 6.70. The van der Waals surface area contributed by atoms with Gasteiger partial charge >= 0.3 is 11.8 Å². The molecule has 0 aliphatic heterocycles. The van der Waals surface area contributed by atoms with E-state index < -0.39 is 52.3 Å². The van der Waals surface area contributed by atoms with Crippen LogP contribution in [0.5, 0.6) is 11.5 Å². The first kappa shape index (κ1) is 19.1. The fourth-order valence-corrected chi connectivity index (χ4v) is 3.76. The van der Waals surface area contributed by atoms with Gasteiger partial charge in [0.15, 0.2) is 11.4 Å². The largest absolute Gasteiger partial charge is 0.459 e. The van der Waals surface area contributed by atoms with Gasteiger partial charge in [-0.05, 0) is 24.3 Å². The van der Waals surface area contributed by atoms with Gasteiger partial charge in [-0.25, -0.2) is 22.9 Å². The average Bonchev–Trinajstić information content (AvgIpc) is 2.94. The normalized spacial score (nSPS) is 24.4. The molecule has 0 radical (unpaired) electrons. The van der Waals surface area contributed by atoms with Crippen LogP contribution in [0.2, 0.25) is 0 Å². The van der Waals surface area contributed by atoms with Crippen molar-refractivity contribution >= 4 is 11.4 Å². The van der Waals surface area contributed by atoms with Crippen LogP contribution in [0.3, 0.4) is 0 Å². The van der Waals surface area contributed by atoms with Crippen LogP contribution >= 0.6 is 0 Å². The molecular weight excluding hydrogens is 405 g/mol. The number of nitrogens with zero attached hydrogens (tertiary/aromatic N) is 2. The zero-order valence-corrected chi connectivity index (χ0v) is 14.0. The van der Waals surface area contributed by atoms with E-state index >= 15 is 0 Å². The highest BCUT2D eigenvalue weighted by molar-refractivity contribution is 5.65. The van der Waals surface area contributed by atoms with Crippen LogP contribution in [0, 0.1) is 13.1 Å². The van der Waals surface area contributed by atoms with Gasteiger partial charge in [0.05, 0.1) is 25.1 Å². The van der Waals surface area contributed by atoms with Crippen LogP contribution in [0.4, 0.5) is 42.1 Å². The first-order chi connectivity index (χ1) is 13.4. The Morgan fingerprint density at radius 2 is 1.41 bits per heavy atom. The first-order valence-electron chi connectivity index (χ1n) is 7.98. The summed E-state index contributed by atoms with van der Waals surface area (Å²) in [6.45, 7) is 14.0. The van der Waals surface area contributed by atoms with Gasteiger partial charge in [0.25, 0.3) is 5.92 Å². The number of benzene rings is 2. The molecule has 4 rings (SSSR count). The Morgan fingerprint density at radius 3 is 1.97 bits per heavy atom. The SMILES string of the molecule is [C-]#[N+]c1cc([N+]#[C-])cc(Oc2ccc3c4c2C(F)(F)CC4(F)C(F)(F)C3(F)F)c1. The second kappa shape index (κ2) is 5.41. The molecule has 148 valence electrons. The zero-order chi connectivity index (χ0) is 21.4. The second-order valence-electron chi connectivity index (χ2n) is 6.70. The average molecular weight is 412 g/mol. The van der Waals surface area contributed by atoms with Gasteiger partial charge in [0, 0.05) is 11.1 Å². The summed E-state index contributed by atoms with van der Waals surface area (Å²) in [6.07, 6.45) is -2.15. The Kier molecular flexibility index (Phi) is 3.56. The maximum atomic E-state index is 15.0. The van der Waals surface area contributed by atoms with Gasteiger partial charge in [-0.2, -0.15) is 17.6 Å². The highest BCUT2D eigenvalue weighted by Crippen LogP contribution is 2.71. The Morgan fingerprint density at radius 1 is 0.828 bits per heavy atom. The molecule has 2 aliphatic rings. The fraction of sp³-hybridized carbons (Fsp3) is 0.263.